The van der Waals surface area contributed by atoms with Gasteiger partial charge in [0.05, 0.1) is 5.02 Å². The largest absolute Gasteiger partial charge is 0.474 e. The van der Waals surface area contributed by atoms with Gasteiger partial charge >= 0.3 is 0 Å². The summed E-state index contributed by atoms with van der Waals surface area (Å²) < 4.78 is 5.69. The normalized spacial score (nSPS) is 16.1. The average Bonchev–Trinajstić information content (AvgIpc) is 3.19. The number of hydrogen-bond donors (Lipinski definition) is 1. The van der Waals surface area contributed by atoms with Crippen LogP contribution in [-0.4, -0.2) is 12.1 Å². The predicted octanol–water partition coefficient (Wildman–Crippen LogP) is 3.27. The van der Waals surface area contributed by atoms with Crippen molar-refractivity contribution in [2.45, 2.75) is 44.9 Å². The van der Waals surface area contributed by atoms with E-state index in [9.17, 15) is 0 Å². The Morgan fingerprint density at radius 1 is 1.56 bits per heavy atom. The number of rotatable bonds is 6. The van der Waals surface area contributed by atoms with E-state index in [0.717, 1.165) is 12.1 Å². The summed E-state index contributed by atoms with van der Waals surface area (Å²) >= 11 is 6.16. The first kappa shape index (κ1) is 13.2. The van der Waals surface area contributed by atoms with Crippen molar-refractivity contribution >= 4 is 11.6 Å². The molecule has 1 aromatic carbocycles. The lowest BCUT2D eigenvalue weighted by Gasteiger charge is -2.16. The van der Waals surface area contributed by atoms with E-state index >= 15 is 0 Å². The van der Waals surface area contributed by atoms with Crippen molar-refractivity contribution < 1.29 is 4.74 Å². The molecule has 96 valence electrons. The summed E-state index contributed by atoms with van der Waals surface area (Å²) in [5, 5.41) is 13.0. The number of nitriles is 1. The van der Waals surface area contributed by atoms with Crippen LogP contribution in [0.3, 0.4) is 0 Å². The van der Waals surface area contributed by atoms with E-state index in [4.69, 9.17) is 21.6 Å². The first-order chi connectivity index (χ1) is 8.74. The maximum Gasteiger partial charge on any atom is 0.184 e. The molecule has 2 rings (SSSR count). The fourth-order valence-electron chi connectivity index (χ4n) is 1.71. The van der Waals surface area contributed by atoms with E-state index in [0.29, 0.717) is 23.2 Å². The van der Waals surface area contributed by atoms with Gasteiger partial charge in [-0.3, -0.25) is 0 Å². The fraction of sp³-hybridized carbons (Fsp3) is 0.500. The molecule has 1 saturated carbocycles. The molecule has 1 N–H and O–H groups in total. The van der Waals surface area contributed by atoms with Gasteiger partial charge in [-0.1, -0.05) is 30.7 Å². The Labute approximate surface area is 113 Å². The fourth-order valence-corrected chi connectivity index (χ4v) is 1.95. The summed E-state index contributed by atoms with van der Waals surface area (Å²) in [5.41, 5.74) is 1.02. The van der Waals surface area contributed by atoms with E-state index in [-0.39, 0.29) is 0 Å². The molecule has 0 radical (unpaired) electrons. The molecule has 0 amide bonds. The number of nitrogens with zero attached hydrogens (tertiary/aromatic N) is 1. The average molecular weight is 265 g/mol. The van der Waals surface area contributed by atoms with Crippen molar-refractivity contribution in [1.82, 2.24) is 5.32 Å². The molecule has 0 heterocycles. The van der Waals surface area contributed by atoms with E-state index in [1.807, 2.05) is 19.1 Å². The summed E-state index contributed by atoms with van der Waals surface area (Å²) in [5.74, 6) is 0.640. The van der Waals surface area contributed by atoms with E-state index in [1.54, 1.807) is 6.07 Å². The van der Waals surface area contributed by atoms with Crippen LogP contribution < -0.4 is 10.1 Å². The Bertz CT molecular complexity index is 452. The van der Waals surface area contributed by atoms with Gasteiger partial charge in [0, 0.05) is 18.2 Å². The van der Waals surface area contributed by atoms with Crippen LogP contribution in [0.2, 0.25) is 5.02 Å². The predicted molar refractivity (Wildman–Crippen MR) is 71.6 cm³/mol. The molecule has 4 heteroatoms. The summed E-state index contributed by atoms with van der Waals surface area (Å²) in [6.45, 7) is 2.66. The highest BCUT2D eigenvalue weighted by Gasteiger charge is 2.21. The highest BCUT2D eigenvalue weighted by molar-refractivity contribution is 6.32. The Hall–Kier alpha value is -1.24. The second-order valence-electron chi connectivity index (χ2n) is 4.53. The Kier molecular flexibility index (Phi) is 4.46. The maximum absolute atomic E-state index is 8.96. The van der Waals surface area contributed by atoms with Crippen LogP contribution >= 0.6 is 11.6 Å². The molecule has 1 atom stereocenters. The molecular weight excluding hydrogens is 248 g/mol. The molecule has 18 heavy (non-hydrogen) atoms. The van der Waals surface area contributed by atoms with Crippen molar-refractivity contribution in [3.05, 3.63) is 28.8 Å². The summed E-state index contributed by atoms with van der Waals surface area (Å²) in [6.07, 6.45) is 2.70. The van der Waals surface area contributed by atoms with E-state index in [1.165, 1.54) is 12.8 Å². The highest BCUT2D eigenvalue weighted by atomic mass is 35.5. The molecule has 0 aliphatic heterocycles. The minimum atomic E-state index is -0.440. The number of hydrogen-bond acceptors (Lipinski definition) is 3. The summed E-state index contributed by atoms with van der Waals surface area (Å²) in [7, 11) is 0. The Morgan fingerprint density at radius 3 is 2.94 bits per heavy atom. The van der Waals surface area contributed by atoms with Gasteiger partial charge in [0.2, 0.25) is 0 Å². The molecule has 1 aromatic rings. The smallest absolute Gasteiger partial charge is 0.184 e. The van der Waals surface area contributed by atoms with Gasteiger partial charge in [0.1, 0.15) is 11.8 Å². The van der Waals surface area contributed by atoms with Crippen molar-refractivity contribution in [2.75, 3.05) is 0 Å². The second-order valence-corrected chi connectivity index (χ2v) is 4.93. The third-order valence-corrected chi connectivity index (χ3v) is 3.28. The van der Waals surface area contributed by atoms with Crippen LogP contribution in [0.25, 0.3) is 0 Å². The van der Waals surface area contributed by atoms with Crippen LogP contribution in [0.1, 0.15) is 31.7 Å². The Morgan fingerprint density at radius 2 is 2.33 bits per heavy atom. The van der Waals surface area contributed by atoms with Gasteiger partial charge in [-0.05, 0) is 25.3 Å². The maximum atomic E-state index is 8.96. The molecule has 0 bridgehead atoms. The van der Waals surface area contributed by atoms with E-state index < -0.39 is 6.10 Å². The zero-order valence-corrected chi connectivity index (χ0v) is 11.2. The van der Waals surface area contributed by atoms with Crippen molar-refractivity contribution in [3.8, 4) is 11.8 Å². The van der Waals surface area contributed by atoms with Crippen molar-refractivity contribution in [1.29, 1.82) is 5.26 Å². The zero-order valence-electron chi connectivity index (χ0n) is 10.4. The summed E-state index contributed by atoms with van der Waals surface area (Å²) in [4.78, 5) is 0. The molecule has 3 nitrogen and oxygen atoms in total. The number of ether oxygens (including phenoxy) is 1. The first-order valence-electron chi connectivity index (χ1n) is 6.31. The van der Waals surface area contributed by atoms with Gasteiger partial charge in [0.25, 0.3) is 0 Å². The third-order valence-electron chi connectivity index (χ3n) is 2.98. The molecule has 1 aliphatic carbocycles. The topological polar surface area (TPSA) is 45.0 Å². The Balaban J connectivity index is 2.11. The molecule has 1 unspecified atom stereocenters. The van der Waals surface area contributed by atoms with Gasteiger partial charge < -0.3 is 10.1 Å². The van der Waals surface area contributed by atoms with Gasteiger partial charge in [-0.15, -0.1) is 0 Å². The van der Waals surface area contributed by atoms with Crippen LogP contribution in [0.15, 0.2) is 18.2 Å². The molecular formula is C14H17ClN2O. The minimum absolute atomic E-state index is 0.440. The van der Waals surface area contributed by atoms with Crippen LogP contribution in [0.4, 0.5) is 0 Å². The highest BCUT2D eigenvalue weighted by Crippen LogP contribution is 2.30. The van der Waals surface area contributed by atoms with Gasteiger partial charge in [-0.2, -0.15) is 5.26 Å². The number of nitrogens with one attached hydrogen (secondary N) is 1. The molecule has 1 aliphatic rings. The first-order valence-corrected chi connectivity index (χ1v) is 6.69. The zero-order chi connectivity index (χ0) is 13.0. The van der Waals surface area contributed by atoms with E-state index in [2.05, 4.69) is 11.4 Å². The van der Waals surface area contributed by atoms with Crippen LogP contribution in [0.5, 0.6) is 5.75 Å². The quantitative estimate of drug-likeness (QED) is 0.858. The monoisotopic (exact) mass is 264 g/mol. The standard InChI is InChI=1S/C14H17ClN2O/c1-2-12(8-16)18-14-10(4-3-5-13(14)15)9-17-11-6-7-11/h3-5,11-12,17H,2,6-7,9H2,1H3. The number of benzene rings is 1. The molecule has 0 aromatic heterocycles. The minimum Gasteiger partial charge on any atom is -0.474 e. The van der Waals surface area contributed by atoms with Crippen molar-refractivity contribution in [2.24, 2.45) is 0 Å². The molecule has 1 fully saturated rings. The van der Waals surface area contributed by atoms with Gasteiger partial charge in [0.15, 0.2) is 6.10 Å². The molecule has 0 saturated heterocycles. The van der Waals surface area contributed by atoms with Gasteiger partial charge in [-0.25, -0.2) is 0 Å². The second kappa shape index (κ2) is 6.08. The SMILES string of the molecule is CCC(C#N)Oc1c(Cl)cccc1CNC1CC1. The third kappa shape index (κ3) is 3.38. The lowest BCUT2D eigenvalue weighted by atomic mass is 10.2. The molecule has 0 spiro atoms. The van der Waals surface area contributed by atoms with Crippen LogP contribution in [0, 0.1) is 11.3 Å². The summed E-state index contributed by atoms with van der Waals surface area (Å²) in [6, 6.07) is 8.45. The van der Waals surface area contributed by atoms with Crippen molar-refractivity contribution in [3.63, 3.8) is 0 Å². The van der Waals surface area contributed by atoms with Crippen LogP contribution in [-0.2, 0) is 6.54 Å². The lowest BCUT2D eigenvalue weighted by molar-refractivity contribution is 0.249. The number of halogens is 1. The number of para-hydroxylation sites is 1. The lowest BCUT2D eigenvalue weighted by Crippen LogP contribution is -2.18.